The Hall–Kier alpha value is -1.18. The standard InChI is InChI=1S/C10H14NO/c1-8(2)12-10-6-4-9(11-3)5-7-10/h4-8H,1-3H3/q-1. The molecule has 12 heavy (non-hydrogen) atoms. The van der Waals surface area contributed by atoms with E-state index in [0.29, 0.717) is 0 Å². The molecule has 0 aromatic heterocycles. The van der Waals surface area contributed by atoms with Crippen LogP contribution in [0, 0.1) is 0 Å². The fraction of sp³-hybridized carbons (Fsp3) is 0.400. The number of hydrogen-bond acceptors (Lipinski definition) is 1. The highest BCUT2D eigenvalue weighted by atomic mass is 16.5. The molecule has 1 rings (SSSR count). The van der Waals surface area contributed by atoms with Crippen LogP contribution >= 0.6 is 0 Å². The zero-order valence-electron chi connectivity index (χ0n) is 7.74. The summed E-state index contributed by atoms with van der Waals surface area (Å²) in [4.78, 5) is 0. The topological polar surface area (TPSA) is 23.3 Å². The summed E-state index contributed by atoms with van der Waals surface area (Å²) in [6, 6.07) is 7.75. The van der Waals surface area contributed by atoms with Gasteiger partial charge in [0.15, 0.2) is 0 Å². The zero-order valence-corrected chi connectivity index (χ0v) is 7.74. The molecule has 2 nitrogen and oxygen atoms in total. The Labute approximate surface area is 73.6 Å². The second-order valence-electron chi connectivity index (χ2n) is 2.88. The van der Waals surface area contributed by atoms with Crippen molar-refractivity contribution in [3.05, 3.63) is 29.6 Å². The summed E-state index contributed by atoms with van der Waals surface area (Å²) in [5.41, 5.74) is 0.978. The van der Waals surface area contributed by atoms with Gasteiger partial charge in [0, 0.05) is 0 Å². The SMILES string of the molecule is C[N-]c1ccc(OC(C)C)cc1. The highest BCUT2D eigenvalue weighted by Gasteiger charge is 1.93. The Morgan fingerprint density at radius 3 is 2.17 bits per heavy atom. The molecule has 2 heteroatoms. The van der Waals surface area contributed by atoms with Crippen molar-refractivity contribution >= 4 is 5.69 Å². The molecule has 0 aliphatic carbocycles. The van der Waals surface area contributed by atoms with Gasteiger partial charge in [-0.3, -0.25) is 0 Å². The molecule has 0 heterocycles. The minimum absolute atomic E-state index is 0.231. The summed E-state index contributed by atoms with van der Waals surface area (Å²) in [6.07, 6.45) is 0.231. The van der Waals surface area contributed by atoms with Crippen LogP contribution in [0.25, 0.3) is 5.32 Å². The molecule has 66 valence electrons. The number of benzene rings is 1. The first-order chi connectivity index (χ1) is 5.72. The third-order valence-electron chi connectivity index (χ3n) is 1.47. The second-order valence-corrected chi connectivity index (χ2v) is 2.88. The van der Waals surface area contributed by atoms with E-state index in [9.17, 15) is 0 Å². The first-order valence-corrected chi connectivity index (χ1v) is 4.09. The Morgan fingerprint density at radius 1 is 1.17 bits per heavy atom. The predicted octanol–water partition coefficient (Wildman–Crippen LogP) is 3.11. The lowest BCUT2D eigenvalue weighted by Gasteiger charge is -2.15. The van der Waals surface area contributed by atoms with E-state index in [0.717, 1.165) is 11.4 Å². The van der Waals surface area contributed by atoms with Gasteiger partial charge in [0.2, 0.25) is 0 Å². The van der Waals surface area contributed by atoms with Crippen molar-refractivity contribution in [2.75, 3.05) is 7.05 Å². The molecule has 0 aliphatic heterocycles. The molecule has 0 saturated carbocycles. The van der Waals surface area contributed by atoms with Crippen LogP contribution in [0.5, 0.6) is 5.75 Å². The third-order valence-corrected chi connectivity index (χ3v) is 1.47. The fourth-order valence-corrected chi connectivity index (χ4v) is 0.946. The largest absolute Gasteiger partial charge is 0.687 e. The maximum Gasteiger partial charge on any atom is 0.119 e. The first-order valence-electron chi connectivity index (χ1n) is 4.09. The van der Waals surface area contributed by atoms with E-state index >= 15 is 0 Å². The van der Waals surface area contributed by atoms with Gasteiger partial charge in [-0.15, -0.1) is 12.7 Å². The van der Waals surface area contributed by atoms with Gasteiger partial charge in [-0.25, -0.2) is 0 Å². The van der Waals surface area contributed by atoms with Crippen molar-refractivity contribution in [1.29, 1.82) is 0 Å². The molecule has 0 radical (unpaired) electrons. The molecule has 0 amide bonds. The van der Waals surface area contributed by atoms with E-state index in [-0.39, 0.29) is 6.10 Å². The fourth-order valence-electron chi connectivity index (χ4n) is 0.946. The molecule has 0 unspecified atom stereocenters. The van der Waals surface area contributed by atoms with E-state index in [2.05, 4.69) is 5.32 Å². The highest BCUT2D eigenvalue weighted by molar-refractivity contribution is 5.49. The lowest BCUT2D eigenvalue weighted by molar-refractivity contribution is 0.242. The number of rotatable bonds is 3. The first kappa shape index (κ1) is 8.91. The van der Waals surface area contributed by atoms with Crippen molar-refractivity contribution < 1.29 is 4.74 Å². The molecule has 0 fully saturated rings. The van der Waals surface area contributed by atoms with Crippen molar-refractivity contribution in [3.63, 3.8) is 0 Å². The minimum atomic E-state index is 0.231. The van der Waals surface area contributed by atoms with Gasteiger partial charge in [-0.05, 0) is 26.0 Å². The number of hydrogen-bond donors (Lipinski definition) is 0. The lowest BCUT2D eigenvalue weighted by Crippen LogP contribution is -2.04. The summed E-state index contributed by atoms with van der Waals surface area (Å²) in [7, 11) is 1.78. The quantitative estimate of drug-likeness (QED) is 0.673. The van der Waals surface area contributed by atoms with Crippen molar-refractivity contribution in [2.45, 2.75) is 20.0 Å². The predicted molar refractivity (Wildman–Crippen MR) is 51.1 cm³/mol. The molecule has 0 atom stereocenters. The Bertz CT molecular complexity index is 228. The maximum atomic E-state index is 5.47. The van der Waals surface area contributed by atoms with Gasteiger partial charge in [-0.2, -0.15) is 0 Å². The van der Waals surface area contributed by atoms with Crippen molar-refractivity contribution in [2.24, 2.45) is 0 Å². The third kappa shape index (κ3) is 2.46. The summed E-state index contributed by atoms with van der Waals surface area (Å²) >= 11 is 0. The van der Waals surface area contributed by atoms with E-state index in [1.807, 2.05) is 38.1 Å². The molecule has 1 aromatic carbocycles. The number of nitrogens with zero attached hydrogens (tertiary/aromatic N) is 1. The lowest BCUT2D eigenvalue weighted by atomic mass is 10.3. The molecule has 1 aromatic rings. The average molecular weight is 164 g/mol. The van der Waals surface area contributed by atoms with Gasteiger partial charge in [-0.1, -0.05) is 12.1 Å². The minimum Gasteiger partial charge on any atom is -0.687 e. The van der Waals surface area contributed by atoms with Gasteiger partial charge in [0.1, 0.15) is 5.75 Å². The van der Waals surface area contributed by atoms with E-state index in [4.69, 9.17) is 4.74 Å². The van der Waals surface area contributed by atoms with Crippen LogP contribution in [0.1, 0.15) is 13.8 Å². The van der Waals surface area contributed by atoms with Crippen LogP contribution < -0.4 is 4.74 Å². The van der Waals surface area contributed by atoms with Gasteiger partial charge in [0.25, 0.3) is 0 Å². The molecule has 0 bridgehead atoms. The van der Waals surface area contributed by atoms with Gasteiger partial charge < -0.3 is 10.1 Å². The van der Waals surface area contributed by atoms with Crippen molar-refractivity contribution in [3.8, 4) is 5.75 Å². The Kier molecular flexibility index (Phi) is 2.97. The monoisotopic (exact) mass is 164 g/mol. The Morgan fingerprint density at radius 2 is 1.75 bits per heavy atom. The molecule has 0 saturated heterocycles. The van der Waals surface area contributed by atoms with Crippen molar-refractivity contribution in [1.82, 2.24) is 0 Å². The van der Waals surface area contributed by atoms with Crippen LogP contribution in [-0.4, -0.2) is 13.2 Å². The van der Waals surface area contributed by atoms with Crippen LogP contribution in [-0.2, 0) is 0 Å². The maximum absolute atomic E-state index is 5.47. The van der Waals surface area contributed by atoms with Crippen LogP contribution in [0.15, 0.2) is 24.3 Å². The van der Waals surface area contributed by atoms with Gasteiger partial charge in [0.05, 0.1) is 6.10 Å². The molecular weight excluding hydrogens is 150 g/mol. The van der Waals surface area contributed by atoms with E-state index in [1.54, 1.807) is 7.05 Å². The summed E-state index contributed by atoms with van der Waals surface area (Å²) < 4.78 is 5.47. The normalized spacial score (nSPS) is 10.0. The molecule has 0 aliphatic rings. The molecule has 0 spiro atoms. The van der Waals surface area contributed by atoms with Gasteiger partial charge >= 0.3 is 0 Å². The van der Waals surface area contributed by atoms with Crippen LogP contribution in [0.2, 0.25) is 0 Å². The summed E-state index contributed by atoms with van der Waals surface area (Å²) in [6.45, 7) is 4.02. The van der Waals surface area contributed by atoms with E-state index < -0.39 is 0 Å². The molecular formula is C10H14NO-. The van der Waals surface area contributed by atoms with Crippen LogP contribution in [0.3, 0.4) is 0 Å². The summed E-state index contributed by atoms with van der Waals surface area (Å²) in [5.74, 6) is 0.900. The zero-order chi connectivity index (χ0) is 8.97. The highest BCUT2D eigenvalue weighted by Crippen LogP contribution is 2.20. The smallest absolute Gasteiger partial charge is 0.119 e. The van der Waals surface area contributed by atoms with Crippen LogP contribution in [0.4, 0.5) is 5.69 Å². The summed E-state index contributed by atoms with van der Waals surface area (Å²) in [5, 5.41) is 4.04. The average Bonchev–Trinajstić information content (AvgIpc) is 2.05. The van der Waals surface area contributed by atoms with E-state index in [1.165, 1.54) is 0 Å². The second kappa shape index (κ2) is 4.00. The Balaban J connectivity index is 2.65. The number of ether oxygens (including phenoxy) is 1. The molecule has 0 N–H and O–H groups in total.